The van der Waals surface area contributed by atoms with E-state index in [1.807, 2.05) is 12.1 Å². The van der Waals surface area contributed by atoms with E-state index < -0.39 is 14.2 Å². The molecule has 0 unspecified atom stereocenters. The monoisotopic (exact) mass is 509 g/mol. The molecule has 5 nitrogen and oxygen atoms in total. The molecule has 1 aliphatic heterocycles. The van der Waals surface area contributed by atoms with E-state index in [9.17, 15) is 4.79 Å². The minimum atomic E-state index is -1.50. The molecular formula is C31H35N3O2Si. The summed E-state index contributed by atoms with van der Waals surface area (Å²) in [7, 11) is -1.50. The third-order valence-corrected chi connectivity index (χ3v) is 7.70. The quantitative estimate of drug-likeness (QED) is 0.359. The summed E-state index contributed by atoms with van der Waals surface area (Å²) in [5, 5.41) is 6.38. The first kappa shape index (κ1) is 25.1. The van der Waals surface area contributed by atoms with Gasteiger partial charge in [-0.3, -0.25) is 0 Å². The minimum absolute atomic E-state index is 0.0534. The lowest BCUT2D eigenvalue weighted by atomic mass is 9.98. The molecule has 0 spiro atoms. The summed E-state index contributed by atoms with van der Waals surface area (Å²) in [4.78, 5) is 15.1. The van der Waals surface area contributed by atoms with Crippen LogP contribution in [-0.4, -0.2) is 47.0 Å². The molecule has 0 bridgehead atoms. The molecule has 2 N–H and O–H groups in total. The van der Waals surface area contributed by atoms with E-state index in [4.69, 9.17) is 4.74 Å². The maximum atomic E-state index is 12.8. The van der Waals surface area contributed by atoms with Crippen molar-refractivity contribution in [3.63, 3.8) is 0 Å². The highest BCUT2D eigenvalue weighted by atomic mass is 28.3. The summed E-state index contributed by atoms with van der Waals surface area (Å²) in [6, 6.07) is 23.2. The van der Waals surface area contributed by atoms with Gasteiger partial charge >= 0.3 is 6.09 Å². The molecule has 3 aromatic carbocycles. The molecule has 1 aliphatic carbocycles. The molecule has 0 radical (unpaired) electrons. The van der Waals surface area contributed by atoms with Crippen molar-refractivity contribution in [1.82, 2.24) is 10.6 Å². The number of carbonyl (C=O) groups is 1. The third kappa shape index (κ3) is 6.07. The minimum Gasteiger partial charge on any atom is -0.449 e. The smallest absolute Gasteiger partial charge is 0.407 e. The number of carbonyl (C=O) groups excluding carboxylic acids is 1. The van der Waals surface area contributed by atoms with Gasteiger partial charge in [-0.15, -0.1) is 5.54 Å². The van der Waals surface area contributed by atoms with Gasteiger partial charge in [0.2, 0.25) is 0 Å². The van der Waals surface area contributed by atoms with E-state index in [0.29, 0.717) is 13.2 Å². The topological polar surface area (TPSA) is 53.6 Å². The van der Waals surface area contributed by atoms with Gasteiger partial charge in [-0.1, -0.05) is 74.1 Å². The lowest BCUT2D eigenvalue weighted by molar-refractivity contribution is 0.142. The van der Waals surface area contributed by atoms with E-state index in [2.05, 4.69) is 101 Å². The zero-order chi connectivity index (χ0) is 25.8. The second kappa shape index (κ2) is 10.8. The van der Waals surface area contributed by atoms with E-state index >= 15 is 0 Å². The molecule has 0 saturated carbocycles. The lowest BCUT2D eigenvalue weighted by Crippen LogP contribution is -2.43. The average Bonchev–Trinajstić information content (AvgIpc) is 3.23. The van der Waals surface area contributed by atoms with E-state index in [0.717, 1.165) is 43.0 Å². The summed E-state index contributed by atoms with van der Waals surface area (Å²) in [5.74, 6) is 3.45. The Kier molecular flexibility index (Phi) is 7.36. The van der Waals surface area contributed by atoms with Crippen molar-refractivity contribution in [3.8, 4) is 22.6 Å². The lowest BCUT2D eigenvalue weighted by Gasteiger charge is -2.30. The van der Waals surface area contributed by atoms with Gasteiger partial charge < -0.3 is 20.3 Å². The number of nitrogens with one attached hydrogen (secondary N) is 2. The number of alkyl carbamates (subject to hydrolysis) is 1. The summed E-state index contributed by atoms with van der Waals surface area (Å²) < 4.78 is 5.74. The Morgan fingerprint density at radius 2 is 1.65 bits per heavy atom. The van der Waals surface area contributed by atoms with Crippen molar-refractivity contribution < 1.29 is 9.53 Å². The van der Waals surface area contributed by atoms with Crippen molar-refractivity contribution in [2.45, 2.75) is 32.1 Å². The number of hydrogen-bond donors (Lipinski definition) is 2. The summed E-state index contributed by atoms with van der Waals surface area (Å²) in [6.07, 6.45) is -0.399. The normalized spacial score (nSPS) is 14.8. The van der Waals surface area contributed by atoms with Crippen LogP contribution in [0.3, 0.4) is 0 Å². The number of ether oxygens (including phenoxy) is 1. The van der Waals surface area contributed by atoms with Crippen LogP contribution in [0.15, 0.2) is 66.7 Å². The second-order valence-corrected chi connectivity index (χ2v) is 15.6. The number of amides is 1. The molecule has 0 aromatic heterocycles. The maximum absolute atomic E-state index is 12.8. The van der Waals surface area contributed by atoms with Crippen LogP contribution in [0.5, 0.6) is 0 Å². The first-order chi connectivity index (χ1) is 17.9. The van der Waals surface area contributed by atoms with Gasteiger partial charge in [0.05, 0.1) is 0 Å². The van der Waals surface area contributed by atoms with Crippen LogP contribution in [-0.2, 0) is 11.3 Å². The molecule has 5 rings (SSSR count). The van der Waals surface area contributed by atoms with Crippen molar-refractivity contribution in [2.75, 3.05) is 37.7 Å². The van der Waals surface area contributed by atoms with Gasteiger partial charge in [-0.2, -0.15) is 0 Å². The molecule has 2 aliphatic rings. The molecule has 1 heterocycles. The number of hydrogen-bond acceptors (Lipinski definition) is 4. The Morgan fingerprint density at radius 3 is 2.30 bits per heavy atom. The van der Waals surface area contributed by atoms with Crippen molar-refractivity contribution >= 4 is 19.9 Å². The Labute approximate surface area is 221 Å². The zero-order valence-electron chi connectivity index (χ0n) is 21.9. The molecule has 3 aromatic rings. The second-order valence-electron chi connectivity index (χ2n) is 10.8. The Hall–Kier alpha value is -3.53. The molecule has 190 valence electrons. The predicted octanol–water partition coefficient (Wildman–Crippen LogP) is 5.36. The fourth-order valence-electron chi connectivity index (χ4n) is 5.04. The fourth-order valence-corrected chi connectivity index (χ4v) is 5.56. The molecule has 0 atom stereocenters. The fraction of sp³-hybridized carbons (Fsp3) is 0.323. The zero-order valence-corrected chi connectivity index (χ0v) is 22.9. The van der Waals surface area contributed by atoms with E-state index in [1.165, 1.54) is 22.3 Å². The van der Waals surface area contributed by atoms with Crippen molar-refractivity contribution in [2.24, 2.45) is 0 Å². The van der Waals surface area contributed by atoms with Crippen molar-refractivity contribution in [1.29, 1.82) is 0 Å². The van der Waals surface area contributed by atoms with Crippen LogP contribution in [0.4, 0.5) is 10.5 Å². The highest BCUT2D eigenvalue weighted by molar-refractivity contribution is 6.83. The number of piperazine rings is 1. The average molecular weight is 510 g/mol. The van der Waals surface area contributed by atoms with Crippen LogP contribution in [0, 0.1) is 11.5 Å². The van der Waals surface area contributed by atoms with Crippen LogP contribution in [0.2, 0.25) is 19.6 Å². The van der Waals surface area contributed by atoms with Gasteiger partial charge in [0.25, 0.3) is 0 Å². The van der Waals surface area contributed by atoms with E-state index in [1.54, 1.807) is 0 Å². The Balaban J connectivity index is 1.27. The van der Waals surface area contributed by atoms with Gasteiger partial charge in [-0.25, -0.2) is 4.79 Å². The highest BCUT2D eigenvalue weighted by Crippen LogP contribution is 2.44. The molecule has 1 fully saturated rings. The number of benzene rings is 3. The SMILES string of the molecule is C[Si](C)(C)C#Cc1cc(CNC(=O)OCC2c3ccccc3-c3ccccc32)cc(N2CCNCC2)c1. The molecule has 1 saturated heterocycles. The molecule has 6 heteroatoms. The predicted molar refractivity (Wildman–Crippen MR) is 154 cm³/mol. The Morgan fingerprint density at radius 1 is 1.00 bits per heavy atom. The number of rotatable bonds is 5. The summed E-state index contributed by atoms with van der Waals surface area (Å²) in [6.45, 7) is 11.3. The van der Waals surface area contributed by atoms with Gasteiger partial charge in [0.15, 0.2) is 0 Å². The largest absolute Gasteiger partial charge is 0.449 e. The van der Waals surface area contributed by atoms with Gasteiger partial charge in [0, 0.05) is 49.9 Å². The van der Waals surface area contributed by atoms with Crippen LogP contribution in [0.25, 0.3) is 11.1 Å². The number of nitrogens with zero attached hydrogens (tertiary/aromatic N) is 1. The number of anilines is 1. The summed E-state index contributed by atoms with van der Waals surface area (Å²) >= 11 is 0. The van der Waals surface area contributed by atoms with Crippen molar-refractivity contribution in [3.05, 3.63) is 89.0 Å². The van der Waals surface area contributed by atoms with Crippen LogP contribution >= 0.6 is 0 Å². The first-order valence-electron chi connectivity index (χ1n) is 13.1. The standard InChI is InChI=1S/C31H35N3O2Si/c1-37(2,3)17-12-23-18-24(20-25(19-23)34-15-13-32-14-16-34)21-33-31(35)36-22-30-28-10-6-4-8-26(28)27-9-5-7-11-29(27)30/h4-11,18-20,30,32H,13-16,21-22H2,1-3H3,(H,33,35). The maximum Gasteiger partial charge on any atom is 0.407 e. The summed E-state index contributed by atoms with van der Waals surface area (Å²) in [5.41, 5.74) is 11.5. The van der Waals surface area contributed by atoms with Crippen LogP contribution in [0.1, 0.15) is 28.2 Å². The van der Waals surface area contributed by atoms with E-state index in [-0.39, 0.29) is 5.92 Å². The first-order valence-corrected chi connectivity index (χ1v) is 16.6. The Bertz CT molecular complexity index is 1300. The molecular weight excluding hydrogens is 474 g/mol. The number of fused-ring (bicyclic) bond motifs is 3. The third-order valence-electron chi connectivity index (χ3n) is 6.82. The molecule has 37 heavy (non-hydrogen) atoms. The highest BCUT2D eigenvalue weighted by Gasteiger charge is 2.29. The van der Waals surface area contributed by atoms with Crippen LogP contribution < -0.4 is 15.5 Å². The van der Waals surface area contributed by atoms with Gasteiger partial charge in [-0.05, 0) is 46.0 Å². The van der Waals surface area contributed by atoms with Gasteiger partial charge in [0.1, 0.15) is 14.7 Å². The molecule has 1 amide bonds.